The highest BCUT2D eigenvalue weighted by molar-refractivity contribution is 6.33. The number of para-hydroxylation sites is 1. The van der Waals surface area contributed by atoms with Crippen LogP contribution in [0, 0.1) is 6.92 Å². The zero-order valence-corrected chi connectivity index (χ0v) is 19.0. The first-order valence-corrected chi connectivity index (χ1v) is 10.7. The van der Waals surface area contributed by atoms with Crippen molar-refractivity contribution >= 4 is 46.6 Å². The Morgan fingerprint density at radius 1 is 1.06 bits per heavy atom. The molecule has 0 unspecified atom stereocenters. The zero-order chi connectivity index (χ0) is 23.4. The summed E-state index contributed by atoms with van der Waals surface area (Å²) in [6.07, 6.45) is 1.74. The number of ether oxygens (including phenoxy) is 1. The predicted octanol–water partition coefficient (Wildman–Crippen LogP) is 5.47. The van der Waals surface area contributed by atoms with Gasteiger partial charge in [0.15, 0.2) is 6.61 Å². The second kappa shape index (κ2) is 9.71. The lowest BCUT2D eigenvalue weighted by molar-refractivity contribution is -0.118. The van der Waals surface area contributed by atoms with Crippen LogP contribution in [0.4, 0.5) is 11.4 Å². The summed E-state index contributed by atoms with van der Waals surface area (Å²) in [4.78, 5) is 25.0. The summed E-state index contributed by atoms with van der Waals surface area (Å²) in [5, 5.41) is 8.89. The van der Waals surface area contributed by atoms with Gasteiger partial charge in [-0.3, -0.25) is 9.59 Å². The normalized spacial score (nSPS) is 14.4. The van der Waals surface area contributed by atoms with Gasteiger partial charge in [-0.15, -0.1) is 0 Å². The van der Waals surface area contributed by atoms with Crippen molar-refractivity contribution in [2.45, 2.75) is 13.8 Å². The van der Waals surface area contributed by atoms with Crippen LogP contribution in [-0.2, 0) is 9.59 Å². The number of aryl methyl sites for hydroxylation is 1. The Morgan fingerprint density at radius 3 is 2.58 bits per heavy atom. The molecule has 1 heterocycles. The molecule has 0 saturated heterocycles. The number of hydrogen-bond donors (Lipinski definition) is 1. The van der Waals surface area contributed by atoms with Crippen molar-refractivity contribution in [1.29, 1.82) is 0 Å². The molecule has 1 aliphatic heterocycles. The van der Waals surface area contributed by atoms with E-state index < -0.39 is 0 Å². The molecule has 166 valence electrons. The molecule has 0 aromatic heterocycles. The van der Waals surface area contributed by atoms with E-state index in [1.54, 1.807) is 31.2 Å². The van der Waals surface area contributed by atoms with Crippen molar-refractivity contribution < 1.29 is 14.3 Å². The number of rotatable bonds is 6. The van der Waals surface area contributed by atoms with Gasteiger partial charge in [-0.25, -0.2) is 0 Å². The van der Waals surface area contributed by atoms with Crippen LogP contribution in [0.1, 0.15) is 18.1 Å². The highest BCUT2D eigenvalue weighted by atomic mass is 35.5. The number of hydrogen-bond acceptors (Lipinski definition) is 4. The summed E-state index contributed by atoms with van der Waals surface area (Å²) in [6, 6.07) is 21.9. The number of anilines is 2. The fourth-order valence-electron chi connectivity index (χ4n) is 3.38. The average Bonchev–Trinajstić information content (AvgIpc) is 3.07. The third kappa shape index (κ3) is 5.30. The van der Waals surface area contributed by atoms with Crippen molar-refractivity contribution in [3.8, 4) is 5.75 Å². The third-order valence-electron chi connectivity index (χ3n) is 4.99. The highest BCUT2D eigenvalue weighted by Crippen LogP contribution is 2.29. The van der Waals surface area contributed by atoms with Gasteiger partial charge in [0.1, 0.15) is 5.75 Å². The Balaban J connectivity index is 1.42. The predicted molar refractivity (Wildman–Crippen MR) is 132 cm³/mol. The molecular weight excluding hydrogens is 438 g/mol. The van der Waals surface area contributed by atoms with Gasteiger partial charge in [0.2, 0.25) is 0 Å². The van der Waals surface area contributed by atoms with E-state index in [1.807, 2.05) is 61.5 Å². The fraction of sp³-hybridized carbons (Fsp3) is 0.115. The zero-order valence-electron chi connectivity index (χ0n) is 18.2. The second-order valence-electron chi connectivity index (χ2n) is 7.59. The summed E-state index contributed by atoms with van der Waals surface area (Å²) in [6.45, 7) is 3.57. The number of nitrogens with one attached hydrogen (secondary N) is 1. The fourth-order valence-corrected chi connectivity index (χ4v) is 3.63. The maximum absolute atomic E-state index is 12.9. The van der Waals surface area contributed by atoms with E-state index >= 15 is 0 Å². The Labute approximate surface area is 197 Å². The SMILES string of the molecule is CC1=NN(c2ccccc2)C(=O)/C1=C/c1ccc(OCC(=O)Nc2cccc(C)c2)c(Cl)c1. The van der Waals surface area contributed by atoms with Gasteiger partial charge < -0.3 is 10.1 Å². The van der Waals surface area contributed by atoms with E-state index in [2.05, 4.69) is 10.4 Å². The van der Waals surface area contributed by atoms with Crippen molar-refractivity contribution in [2.75, 3.05) is 16.9 Å². The van der Waals surface area contributed by atoms with Gasteiger partial charge >= 0.3 is 0 Å². The number of carbonyl (C=O) groups is 2. The molecule has 0 fully saturated rings. The molecule has 2 amide bonds. The molecule has 0 saturated carbocycles. The number of hydrazone groups is 1. The molecule has 0 aliphatic carbocycles. The summed E-state index contributed by atoms with van der Waals surface area (Å²) in [7, 11) is 0. The molecule has 1 N–H and O–H groups in total. The van der Waals surface area contributed by atoms with Crippen LogP contribution in [0.5, 0.6) is 5.75 Å². The van der Waals surface area contributed by atoms with Gasteiger partial charge in [0.25, 0.3) is 11.8 Å². The molecule has 0 atom stereocenters. The first kappa shape index (κ1) is 22.3. The molecule has 6 nitrogen and oxygen atoms in total. The molecule has 0 bridgehead atoms. The molecular formula is C26H22ClN3O3. The van der Waals surface area contributed by atoms with Crippen LogP contribution in [0.15, 0.2) is 83.5 Å². The first-order valence-electron chi connectivity index (χ1n) is 10.4. The largest absolute Gasteiger partial charge is 0.482 e. The van der Waals surface area contributed by atoms with Crippen LogP contribution < -0.4 is 15.1 Å². The van der Waals surface area contributed by atoms with E-state index in [0.29, 0.717) is 33.4 Å². The van der Waals surface area contributed by atoms with E-state index in [9.17, 15) is 9.59 Å². The molecule has 0 spiro atoms. The van der Waals surface area contributed by atoms with Crippen LogP contribution in [0.2, 0.25) is 5.02 Å². The molecule has 3 aromatic rings. The standard InChI is InChI=1S/C26H22ClN3O3/c1-17-7-6-8-20(13-17)28-25(31)16-33-24-12-11-19(15-23(24)27)14-22-18(2)29-30(26(22)32)21-9-4-3-5-10-21/h3-15H,16H2,1-2H3,(H,28,31)/b22-14+. The number of nitrogens with zero attached hydrogens (tertiary/aromatic N) is 2. The summed E-state index contributed by atoms with van der Waals surface area (Å²) in [5.41, 5.74) is 4.29. The van der Waals surface area contributed by atoms with Crippen molar-refractivity contribution in [3.63, 3.8) is 0 Å². The topological polar surface area (TPSA) is 71.0 Å². The number of halogens is 1. The Bertz CT molecular complexity index is 1270. The van der Waals surface area contributed by atoms with Crippen LogP contribution >= 0.6 is 11.6 Å². The minimum atomic E-state index is -0.285. The maximum atomic E-state index is 12.9. The van der Waals surface area contributed by atoms with E-state index in [0.717, 1.165) is 11.1 Å². The lowest BCUT2D eigenvalue weighted by atomic mass is 10.1. The van der Waals surface area contributed by atoms with Crippen LogP contribution in [0.3, 0.4) is 0 Å². The Kier molecular flexibility index (Phi) is 6.56. The lowest BCUT2D eigenvalue weighted by Crippen LogP contribution is -2.21. The molecule has 1 aliphatic rings. The minimum absolute atomic E-state index is 0.176. The quantitative estimate of drug-likeness (QED) is 0.497. The van der Waals surface area contributed by atoms with Crippen LogP contribution in [-0.4, -0.2) is 24.1 Å². The molecule has 33 heavy (non-hydrogen) atoms. The number of carbonyl (C=O) groups excluding carboxylic acids is 2. The lowest BCUT2D eigenvalue weighted by Gasteiger charge is -2.11. The van der Waals surface area contributed by atoms with Crippen molar-refractivity contribution in [3.05, 3.63) is 94.5 Å². The Morgan fingerprint density at radius 2 is 1.85 bits per heavy atom. The van der Waals surface area contributed by atoms with Crippen molar-refractivity contribution in [1.82, 2.24) is 0 Å². The molecule has 7 heteroatoms. The highest BCUT2D eigenvalue weighted by Gasteiger charge is 2.28. The van der Waals surface area contributed by atoms with Gasteiger partial charge in [-0.05, 0) is 67.4 Å². The minimum Gasteiger partial charge on any atom is -0.482 e. The van der Waals surface area contributed by atoms with Crippen LogP contribution in [0.25, 0.3) is 6.08 Å². The van der Waals surface area contributed by atoms with Gasteiger partial charge in [0.05, 0.1) is 22.0 Å². The molecule has 0 radical (unpaired) electrons. The third-order valence-corrected chi connectivity index (χ3v) is 5.29. The smallest absolute Gasteiger partial charge is 0.280 e. The Hall–Kier alpha value is -3.90. The summed E-state index contributed by atoms with van der Waals surface area (Å²) in [5.74, 6) is -0.109. The van der Waals surface area contributed by atoms with Gasteiger partial charge in [-0.1, -0.05) is 48.0 Å². The van der Waals surface area contributed by atoms with Gasteiger partial charge in [0, 0.05) is 5.69 Å². The van der Waals surface area contributed by atoms with Gasteiger partial charge in [-0.2, -0.15) is 10.1 Å². The number of amides is 2. The second-order valence-corrected chi connectivity index (χ2v) is 8.00. The summed E-state index contributed by atoms with van der Waals surface area (Å²) < 4.78 is 5.58. The van der Waals surface area contributed by atoms with Crippen molar-refractivity contribution in [2.24, 2.45) is 5.10 Å². The number of benzene rings is 3. The average molecular weight is 460 g/mol. The maximum Gasteiger partial charge on any atom is 0.280 e. The first-order chi connectivity index (χ1) is 15.9. The summed E-state index contributed by atoms with van der Waals surface area (Å²) >= 11 is 6.37. The monoisotopic (exact) mass is 459 g/mol. The van der Waals surface area contributed by atoms with E-state index in [4.69, 9.17) is 16.3 Å². The molecule has 3 aromatic carbocycles. The molecule has 4 rings (SSSR count). The van der Waals surface area contributed by atoms with E-state index in [-0.39, 0.29) is 18.4 Å². The van der Waals surface area contributed by atoms with E-state index in [1.165, 1.54) is 5.01 Å².